The molecule has 1 aromatic carbocycles. The third-order valence-corrected chi connectivity index (χ3v) is 5.16. The van der Waals surface area contributed by atoms with E-state index in [2.05, 4.69) is 20.4 Å². The Morgan fingerprint density at radius 3 is 2.70 bits per heavy atom. The van der Waals surface area contributed by atoms with Gasteiger partial charge in [-0.2, -0.15) is 0 Å². The molecule has 2 aromatic heterocycles. The number of tetrazole rings is 1. The number of hydrogen-bond donors (Lipinski definition) is 0. The van der Waals surface area contributed by atoms with Gasteiger partial charge in [0.15, 0.2) is 11.3 Å². The third-order valence-electron chi connectivity index (χ3n) is 5.16. The van der Waals surface area contributed by atoms with Gasteiger partial charge in [-0.3, -0.25) is 9.69 Å². The molecule has 3 aromatic rings. The summed E-state index contributed by atoms with van der Waals surface area (Å²) >= 11 is 0. The fraction of sp³-hybridized carbons (Fsp3) is 0.524. The van der Waals surface area contributed by atoms with Crippen LogP contribution in [0.5, 0.6) is 5.75 Å². The largest absolute Gasteiger partial charge is 0.485 e. The molecule has 4 rings (SSSR count). The molecule has 1 saturated heterocycles. The highest BCUT2D eigenvalue weighted by Crippen LogP contribution is 2.27. The summed E-state index contributed by atoms with van der Waals surface area (Å²) < 4.78 is 19.3. The zero-order valence-corrected chi connectivity index (χ0v) is 17.8. The Labute approximate surface area is 174 Å². The van der Waals surface area contributed by atoms with Gasteiger partial charge in [-0.15, -0.1) is 5.10 Å². The highest BCUT2D eigenvalue weighted by atomic mass is 16.5. The second-order valence-corrected chi connectivity index (χ2v) is 8.50. The molecule has 9 nitrogen and oxygen atoms in total. The van der Waals surface area contributed by atoms with Gasteiger partial charge < -0.3 is 13.9 Å². The Kier molecular flexibility index (Phi) is 5.57. The standard InChI is InChI=1S/C21H27N5O4/c1-14-18(29-13-19-22-23-24-26(19)21(2,3)4)6-5-16-17(27)11-15(30-20(14)16)12-25-7-9-28-10-8-25/h5-6,11H,7-10,12-13H2,1-4H3. The Morgan fingerprint density at radius 2 is 1.97 bits per heavy atom. The van der Waals surface area contributed by atoms with E-state index in [0.717, 1.165) is 18.7 Å². The lowest BCUT2D eigenvalue weighted by molar-refractivity contribution is 0.0314. The molecular formula is C21H27N5O4. The number of rotatable bonds is 5. The molecule has 0 saturated carbocycles. The van der Waals surface area contributed by atoms with Crippen molar-refractivity contribution in [3.05, 3.63) is 45.6 Å². The van der Waals surface area contributed by atoms with Crippen LogP contribution in [0.15, 0.2) is 27.4 Å². The first-order chi connectivity index (χ1) is 14.3. The molecule has 160 valence electrons. The van der Waals surface area contributed by atoms with Crippen molar-refractivity contribution in [3.63, 3.8) is 0 Å². The molecule has 3 heterocycles. The zero-order valence-electron chi connectivity index (χ0n) is 17.8. The van der Waals surface area contributed by atoms with Gasteiger partial charge in [-0.05, 0) is 50.3 Å². The van der Waals surface area contributed by atoms with Crippen LogP contribution in [-0.4, -0.2) is 51.4 Å². The monoisotopic (exact) mass is 413 g/mol. The average molecular weight is 413 g/mol. The summed E-state index contributed by atoms with van der Waals surface area (Å²) in [6.45, 7) is 11.8. The molecular weight excluding hydrogens is 386 g/mol. The molecule has 0 N–H and O–H groups in total. The Bertz CT molecular complexity index is 1090. The maximum Gasteiger partial charge on any atom is 0.193 e. The van der Waals surface area contributed by atoms with Gasteiger partial charge in [0.05, 0.1) is 30.7 Å². The minimum absolute atomic E-state index is 0.0502. The molecule has 0 bridgehead atoms. The van der Waals surface area contributed by atoms with E-state index >= 15 is 0 Å². The van der Waals surface area contributed by atoms with E-state index in [1.807, 2.05) is 27.7 Å². The minimum Gasteiger partial charge on any atom is -0.485 e. The van der Waals surface area contributed by atoms with Crippen molar-refractivity contribution in [2.45, 2.75) is 46.4 Å². The second kappa shape index (κ2) is 8.16. The summed E-state index contributed by atoms with van der Waals surface area (Å²) in [7, 11) is 0. The van der Waals surface area contributed by atoms with E-state index in [1.54, 1.807) is 22.9 Å². The van der Waals surface area contributed by atoms with E-state index < -0.39 is 0 Å². The predicted octanol–water partition coefficient (Wildman–Crippen LogP) is 2.25. The molecule has 0 amide bonds. The molecule has 1 aliphatic rings. The maximum absolute atomic E-state index is 12.6. The third kappa shape index (κ3) is 4.22. The SMILES string of the molecule is Cc1c(OCc2nnnn2C(C)(C)C)ccc2c(=O)cc(CN3CCOCC3)oc12. The number of nitrogens with zero attached hydrogens (tertiary/aromatic N) is 5. The molecule has 0 aliphatic carbocycles. The Hall–Kier alpha value is -2.78. The fourth-order valence-corrected chi connectivity index (χ4v) is 3.56. The molecule has 1 fully saturated rings. The second-order valence-electron chi connectivity index (χ2n) is 8.50. The summed E-state index contributed by atoms with van der Waals surface area (Å²) in [6.07, 6.45) is 0. The van der Waals surface area contributed by atoms with E-state index in [1.165, 1.54) is 0 Å². The highest BCUT2D eigenvalue weighted by Gasteiger charge is 2.21. The summed E-state index contributed by atoms with van der Waals surface area (Å²) in [6, 6.07) is 5.12. The molecule has 0 atom stereocenters. The van der Waals surface area contributed by atoms with Gasteiger partial charge in [-0.25, -0.2) is 4.68 Å². The number of benzene rings is 1. The van der Waals surface area contributed by atoms with Crippen molar-refractivity contribution >= 4 is 11.0 Å². The molecule has 9 heteroatoms. The van der Waals surface area contributed by atoms with E-state index in [0.29, 0.717) is 48.1 Å². The van der Waals surface area contributed by atoms with Crippen LogP contribution in [-0.2, 0) is 23.4 Å². The summed E-state index contributed by atoms with van der Waals surface area (Å²) in [5.41, 5.74) is 1.04. The molecule has 0 radical (unpaired) electrons. The van der Waals surface area contributed by atoms with Gasteiger partial charge >= 0.3 is 0 Å². The van der Waals surface area contributed by atoms with Gasteiger partial charge in [0.2, 0.25) is 0 Å². The highest BCUT2D eigenvalue weighted by molar-refractivity contribution is 5.81. The number of morpholine rings is 1. The Morgan fingerprint density at radius 1 is 1.20 bits per heavy atom. The van der Waals surface area contributed by atoms with Crippen LogP contribution in [0.2, 0.25) is 0 Å². The normalized spacial score (nSPS) is 15.6. The van der Waals surface area contributed by atoms with Crippen LogP contribution in [0.25, 0.3) is 11.0 Å². The van der Waals surface area contributed by atoms with Crippen LogP contribution in [0.3, 0.4) is 0 Å². The van der Waals surface area contributed by atoms with Crippen molar-refractivity contribution in [2.24, 2.45) is 0 Å². The van der Waals surface area contributed by atoms with Gasteiger partial charge in [0.1, 0.15) is 23.7 Å². The van der Waals surface area contributed by atoms with Gasteiger partial charge in [0, 0.05) is 24.7 Å². The Balaban J connectivity index is 1.59. The van der Waals surface area contributed by atoms with E-state index in [9.17, 15) is 4.79 Å². The topological polar surface area (TPSA) is 95.5 Å². The maximum atomic E-state index is 12.6. The fourth-order valence-electron chi connectivity index (χ4n) is 3.56. The molecule has 0 unspecified atom stereocenters. The van der Waals surface area contributed by atoms with Gasteiger partial charge in [-0.1, -0.05) is 0 Å². The summed E-state index contributed by atoms with van der Waals surface area (Å²) in [5.74, 6) is 1.91. The van der Waals surface area contributed by atoms with Crippen LogP contribution >= 0.6 is 0 Å². The lowest BCUT2D eigenvalue weighted by Crippen LogP contribution is -2.35. The average Bonchev–Trinajstić information content (AvgIpc) is 3.18. The van der Waals surface area contributed by atoms with Crippen LogP contribution in [0.1, 0.15) is 37.9 Å². The summed E-state index contributed by atoms with van der Waals surface area (Å²) in [5, 5.41) is 12.4. The number of hydrogen-bond acceptors (Lipinski definition) is 8. The number of fused-ring (bicyclic) bond motifs is 1. The first kappa shape index (κ1) is 20.5. The van der Waals surface area contributed by atoms with Crippen molar-refractivity contribution < 1.29 is 13.9 Å². The van der Waals surface area contributed by atoms with E-state index in [-0.39, 0.29) is 17.6 Å². The van der Waals surface area contributed by atoms with Crippen LogP contribution in [0.4, 0.5) is 0 Å². The minimum atomic E-state index is -0.248. The van der Waals surface area contributed by atoms with Crippen molar-refractivity contribution in [3.8, 4) is 5.75 Å². The van der Waals surface area contributed by atoms with Crippen LogP contribution in [0, 0.1) is 6.92 Å². The van der Waals surface area contributed by atoms with Crippen molar-refractivity contribution in [2.75, 3.05) is 26.3 Å². The lowest BCUT2D eigenvalue weighted by Gasteiger charge is -2.25. The number of aryl methyl sites for hydroxylation is 1. The number of ether oxygens (including phenoxy) is 2. The first-order valence-corrected chi connectivity index (χ1v) is 10.1. The van der Waals surface area contributed by atoms with Crippen molar-refractivity contribution in [1.82, 2.24) is 25.1 Å². The molecule has 30 heavy (non-hydrogen) atoms. The van der Waals surface area contributed by atoms with Crippen LogP contribution < -0.4 is 10.2 Å². The zero-order chi connectivity index (χ0) is 21.3. The predicted molar refractivity (Wildman–Crippen MR) is 110 cm³/mol. The molecule has 0 spiro atoms. The summed E-state index contributed by atoms with van der Waals surface area (Å²) in [4.78, 5) is 14.8. The number of aromatic nitrogens is 4. The van der Waals surface area contributed by atoms with Crippen molar-refractivity contribution in [1.29, 1.82) is 0 Å². The lowest BCUT2D eigenvalue weighted by atomic mass is 10.1. The first-order valence-electron chi connectivity index (χ1n) is 10.1. The molecule has 1 aliphatic heterocycles. The smallest absolute Gasteiger partial charge is 0.193 e. The quantitative estimate of drug-likeness (QED) is 0.629. The van der Waals surface area contributed by atoms with E-state index in [4.69, 9.17) is 13.9 Å². The van der Waals surface area contributed by atoms with Gasteiger partial charge in [0.25, 0.3) is 0 Å².